The van der Waals surface area contributed by atoms with Crippen molar-refractivity contribution in [3.05, 3.63) is 42.7 Å². The molecular formula is C12H9N3O. The molecule has 0 aliphatic carbocycles. The molecule has 0 aliphatic heterocycles. The van der Waals surface area contributed by atoms with Gasteiger partial charge in [0, 0.05) is 23.2 Å². The smallest absolute Gasteiger partial charge is 0.323 e. The molecule has 0 saturated carbocycles. The van der Waals surface area contributed by atoms with Crippen molar-refractivity contribution < 1.29 is 4.79 Å². The topological polar surface area (TPSA) is 60.9 Å². The molecule has 1 amide bonds. The van der Waals surface area contributed by atoms with E-state index in [4.69, 9.17) is 5.73 Å². The highest BCUT2D eigenvalue weighted by Crippen LogP contribution is 2.27. The zero-order valence-corrected chi connectivity index (χ0v) is 8.42. The molecule has 0 fully saturated rings. The fourth-order valence-corrected chi connectivity index (χ4v) is 2.05. The lowest BCUT2D eigenvalue weighted by Crippen LogP contribution is -2.18. The van der Waals surface area contributed by atoms with Gasteiger partial charge in [-0.05, 0) is 12.1 Å². The molecule has 0 radical (unpaired) electrons. The van der Waals surface area contributed by atoms with Gasteiger partial charge in [0.25, 0.3) is 0 Å². The number of para-hydroxylation sites is 1. The van der Waals surface area contributed by atoms with E-state index in [1.54, 1.807) is 18.5 Å². The van der Waals surface area contributed by atoms with Gasteiger partial charge in [-0.3, -0.25) is 9.55 Å². The highest BCUT2D eigenvalue weighted by atomic mass is 16.2. The first-order valence-electron chi connectivity index (χ1n) is 4.92. The van der Waals surface area contributed by atoms with Gasteiger partial charge in [-0.15, -0.1) is 0 Å². The minimum absolute atomic E-state index is 0.475. The van der Waals surface area contributed by atoms with E-state index in [1.165, 1.54) is 4.57 Å². The Hall–Kier alpha value is -2.36. The quantitative estimate of drug-likeness (QED) is 0.619. The number of nitrogens with two attached hydrogens (primary N) is 1. The maximum atomic E-state index is 11.5. The predicted octanol–water partition coefficient (Wildman–Crippen LogP) is 2.12. The Morgan fingerprint density at radius 2 is 1.88 bits per heavy atom. The molecular weight excluding hydrogens is 202 g/mol. The molecule has 2 aromatic heterocycles. The molecule has 0 spiro atoms. The van der Waals surface area contributed by atoms with Gasteiger partial charge in [0.1, 0.15) is 0 Å². The number of hydrogen-bond acceptors (Lipinski definition) is 2. The summed E-state index contributed by atoms with van der Waals surface area (Å²) in [5.41, 5.74) is 7.01. The molecule has 78 valence electrons. The van der Waals surface area contributed by atoms with Crippen molar-refractivity contribution in [1.82, 2.24) is 9.55 Å². The lowest BCUT2D eigenvalue weighted by molar-refractivity contribution is 0.252. The van der Waals surface area contributed by atoms with E-state index < -0.39 is 6.03 Å². The van der Waals surface area contributed by atoms with Gasteiger partial charge in [-0.2, -0.15) is 0 Å². The normalized spacial score (nSPS) is 11.0. The summed E-state index contributed by atoms with van der Waals surface area (Å²) in [6.45, 7) is 0. The van der Waals surface area contributed by atoms with Crippen LogP contribution in [0.2, 0.25) is 0 Å². The van der Waals surface area contributed by atoms with Crippen molar-refractivity contribution in [2.75, 3.05) is 0 Å². The number of amides is 1. The summed E-state index contributed by atoms with van der Waals surface area (Å²) in [5, 5.41) is 1.93. The van der Waals surface area contributed by atoms with Crippen LogP contribution < -0.4 is 5.73 Å². The summed E-state index contributed by atoms with van der Waals surface area (Å²) >= 11 is 0. The Morgan fingerprint density at radius 3 is 2.69 bits per heavy atom. The molecule has 4 heteroatoms. The molecule has 3 aromatic rings. The van der Waals surface area contributed by atoms with E-state index in [2.05, 4.69) is 4.98 Å². The van der Waals surface area contributed by atoms with Crippen LogP contribution >= 0.6 is 0 Å². The van der Waals surface area contributed by atoms with Crippen molar-refractivity contribution in [1.29, 1.82) is 0 Å². The molecule has 0 unspecified atom stereocenters. The number of carbonyl (C=O) groups is 1. The standard InChI is InChI=1S/C12H9N3O/c13-12(16)15-10-4-2-1-3-8(10)9-7-14-6-5-11(9)15/h1-7H,(H2,13,16). The summed E-state index contributed by atoms with van der Waals surface area (Å²) < 4.78 is 1.51. The predicted molar refractivity (Wildman–Crippen MR) is 62.2 cm³/mol. The van der Waals surface area contributed by atoms with E-state index in [0.717, 1.165) is 21.8 Å². The number of rotatable bonds is 0. The number of fused-ring (bicyclic) bond motifs is 3. The second-order valence-corrected chi connectivity index (χ2v) is 3.58. The number of hydrogen-bond donors (Lipinski definition) is 1. The van der Waals surface area contributed by atoms with E-state index in [1.807, 2.05) is 24.3 Å². The molecule has 2 heterocycles. The number of aromatic nitrogens is 2. The number of primary amides is 1. The van der Waals surface area contributed by atoms with Crippen LogP contribution in [0.15, 0.2) is 42.7 Å². The second kappa shape index (κ2) is 3.06. The first-order chi connectivity index (χ1) is 7.79. The van der Waals surface area contributed by atoms with Gasteiger partial charge < -0.3 is 5.73 Å². The fraction of sp³-hybridized carbons (Fsp3) is 0. The maximum absolute atomic E-state index is 11.5. The molecule has 4 nitrogen and oxygen atoms in total. The van der Waals surface area contributed by atoms with Crippen LogP contribution in [0, 0.1) is 0 Å². The van der Waals surface area contributed by atoms with Crippen LogP contribution in [-0.4, -0.2) is 15.6 Å². The molecule has 16 heavy (non-hydrogen) atoms. The van der Waals surface area contributed by atoms with Crippen LogP contribution in [0.25, 0.3) is 21.8 Å². The number of nitrogens with zero attached hydrogens (tertiary/aromatic N) is 2. The van der Waals surface area contributed by atoms with Crippen LogP contribution in [0.5, 0.6) is 0 Å². The Balaban J connectivity index is 2.64. The van der Waals surface area contributed by atoms with Gasteiger partial charge in [0.15, 0.2) is 0 Å². The average Bonchev–Trinajstić information content (AvgIpc) is 2.63. The van der Waals surface area contributed by atoms with Crippen molar-refractivity contribution in [3.63, 3.8) is 0 Å². The summed E-state index contributed by atoms with van der Waals surface area (Å²) in [6.07, 6.45) is 3.40. The van der Waals surface area contributed by atoms with Crippen LogP contribution in [0.1, 0.15) is 0 Å². The SMILES string of the molecule is NC(=O)n1c2ccccc2c2cnccc21. The van der Waals surface area contributed by atoms with Crippen LogP contribution in [0.4, 0.5) is 4.79 Å². The van der Waals surface area contributed by atoms with Crippen LogP contribution in [-0.2, 0) is 0 Å². The Kier molecular flexibility index (Phi) is 1.71. The summed E-state index contributed by atoms with van der Waals surface area (Å²) in [6, 6.07) is 8.96. The van der Waals surface area contributed by atoms with Crippen molar-refractivity contribution >= 4 is 27.8 Å². The van der Waals surface area contributed by atoms with E-state index >= 15 is 0 Å². The van der Waals surface area contributed by atoms with Gasteiger partial charge >= 0.3 is 6.03 Å². The Morgan fingerprint density at radius 1 is 1.12 bits per heavy atom. The maximum Gasteiger partial charge on any atom is 0.323 e. The highest BCUT2D eigenvalue weighted by molar-refractivity contribution is 6.12. The van der Waals surface area contributed by atoms with Crippen molar-refractivity contribution in [3.8, 4) is 0 Å². The summed E-state index contributed by atoms with van der Waals surface area (Å²) in [7, 11) is 0. The number of benzene rings is 1. The van der Waals surface area contributed by atoms with E-state index in [0.29, 0.717) is 0 Å². The van der Waals surface area contributed by atoms with Gasteiger partial charge in [-0.25, -0.2) is 4.79 Å². The molecule has 0 aliphatic rings. The van der Waals surface area contributed by atoms with E-state index in [-0.39, 0.29) is 0 Å². The fourth-order valence-electron chi connectivity index (χ4n) is 2.05. The molecule has 0 saturated heterocycles. The highest BCUT2D eigenvalue weighted by Gasteiger charge is 2.12. The molecule has 0 bridgehead atoms. The monoisotopic (exact) mass is 211 g/mol. The Bertz CT molecular complexity index is 646. The lowest BCUT2D eigenvalue weighted by Gasteiger charge is -1.99. The third-order valence-electron chi connectivity index (χ3n) is 2.69. The largest absolute Gasteiger partial charge is 0.351 e. The third-order valence-corrected chi connectivity index (χ3v) is 2.69. The first-order valence-corrected chi connectivity index (χ1v) is 4.92. The minimum Gasteiger partial charge on any atom is -0.351 e. The van der Waals surface area contributed by atoms with Crippen molar-refractivity contribution in [2.24, 2.45) is 5.73 Å². The van der Waals surface area contributed by atoms with Gasteiger partial charge in [-0.1, -0.05) is 18.2 Å². The van der Waals surface area contributed by atoms with Gasteiger partial charge in [0.05, 0.1) is 11.0 Å². The average molecular weight is 211 g/mol. The summed E-state index contributed by atoms with van der Waals surface area (Å²) in [4.78, 5) is 15.5. The molecule has 3 rings (SSSR count). The molecule has 1 aromatic carbocycles. The van der Waals surface area contributed by atoms with Crippen LogP contribution in [0.3, 0.4) is 0 Å². The minimum atomic E-state index is -0.475. The van der Waals surface area contributed by atoms with Crippen molar-refractivity contribution in [2.45, 2.75) is 0 Å². The molecule has 0 atom stereocenters. The zero-order chi connectivity index (χ0) is 11.1. The lowest BCUT2D eigenvalue weighted by atomic mass is 10.2. The second-order valence-electron chi connectivity index (χ2n) is 3.58. The van der Waals surface area contributed by atoms with Gasteiger partial charge in [0.2, 0.25) is 0 Å². The third kappa shape index (κ3) is 1.04. The number of carbonyl (C=O) groups excluding carboxylic acids is 1. The molecule has 2 N–H and O–H groups in total. The zero-order valence-electron chi connectivity index (χ0n) is 8.42. The Labute approximate surface area is 91.3 Å². The summed E-state index contributed by atoms with van der Waals surface area (Å²) in [5.74, 6) is 0. The van der Waals surface area contributed by atoms with E-state index in [9.17, 15) is 4.79 Å². The number of pyridine rings is 1. The first kappa shape index (κ1) is 8.91.